The van der Waals surface area contributed by atoms with E-state index in [1.807, 2.05) is 5.38 Å². The van der Waals surface area contributed by atoms with Crippen molar-refractivity contribution < 1.29 is 4.79 Å². The molecule has 1 aromatic rings. The van der Waals surface area contributed by atoms with Gasteiger partial charge in [-0.3, -0.25) is 4.79 Å². The number of hydrogen-bond donors (Lipinski definition) is 1. The van der Waals surface area contributed by atoms with E-state index >= 15 is 0 Å². The molecule has 102 valence electrons. The molecule has 0 spiro atoms. The van der Waals surface area contributed by atoms with Crippen LogP contribution in [-0.2, 0) is 6.42 Å². The largest absolute Gasteiger partial charge is 0.349 e. The molecule has 0 fully saturated rings. The predicted molar refractivity (Wildman–Crippen MR) is 77.1 cm³/mol. The Kier molecular flexibility index (Phi) is 4.54. The minimum atomic E-state index is -0.0601. The Morgan fingerprint density at radius 1 is 1.22 bits per heavy atom. The maximum atomic E-state index is 11.9. The van der Waals surface area contributed by atoms with Crippen LogP contribution in [0.1, 0.15) is 57.0 Å². The minimum Gasteiger partial charge on any atom is -0.349 e. The Labute approximate surface area is 114 Å². The lowest BCUT2D eigenvalue weighted by atomic mass is 9.91. The highest BCUT2D eigenvalue weighted by Gasteiger charge is 2.18. The van der Waals surface area contributed by atoms with E-state index in [1.165, 1.54) is 11.3 Å². The van der Waals surface area contributed by atoms with Gasteiger partial charge in [-0.15, -0.1) is 11.3 Å². The molecule has 0 aliphatic heterocycles. The minimum absolute atomic E-state index is 0.0601. The molecule has 0 saturated heterocycles. The van der Waals surface area contributed by atoms with Gasteiger partial charge in [0.1, 0.15) is 0 Å². The Balaban J connectivity index is 2.60. The fourth-order valence-corrected chi connectivity index (χ4v) is 2.19. The summed E-state index contributed by atoms with van der Waals surface area (Å²) in [4.78, 5) is 16.3. The average molecular weight is 268 g/mol. The average Bonchev–Trinajstić information content (AvgIpc) is 2.58. The summed E-state index contributed by atoms with van der Waals surface area (Å²) >= 11 is 1.43. The first-order chi connectivity index (χ1) is 8.07. The number of carbonyl (C=O) groups excluding carboxylic acids is 1. The third-order valence-electron chi connectivity index (χ3n) is 2.24. The lowest BCUT2D eigenvalue weighted by Crippen LogP contribution is -2.32. The van der Waals surface area contributed by atoms with Crippen LogP contribution in [0.15, 0.2) is 5.38 Å². The Hall–Kier alpha value is -0.900. The van der Waals surface area contributed by atoms with Crippen molar-refractivity contribution in [2.45, 2.75) is 48.0 Å². The fourth-order valence-electron chi connectivity index (χ4n) is 1.46. The Morgan fingerprint density at radius 2 is 1.83 bits per heavy atom. The zero-order valence-corrected chi connectivity index (χ0v) is 13.1. The van der Waals surface area contributed by atoms with Crippen LogP contribution in [0.3, 0.4) is 0 Å². The second-order valence-corrected chi connectivity index (χ2v) is 7.98. The summed E-state index contributed by atoms with van der Waals surface area (Å²) in [6.45, 7) is 13.5. The molecule has 3 nitrogen and oxygen atoms in total. The van der Waals surface area contributed by atoms with Gasteiger partial charge in [-0.25, -0.2) is 4.98 Å². The van der Waals surface area contributed by atoms with Crippen molar-refractivity contribution in [3.8, 4) is 0 Å². The molecule has 0 atom stereocenters. The summed E-state index contributed by atoms with van der Waals surface area (Å²) in [5, 5.41) is 5.48. The fraction of sp³-hybridized carbons (Fsp3) is 0.714. The van der Waals surface area contributed by atoms with Gasteiger partial charge in [0.2, 0.25) is 0 Å². The van der Waals surface area contributed by atoms with Crippen molar-refractivity contribution in [2.24, 2.45) is 10.8 Å². The Bertz CT molecular complexity index is 410. The number of nitrogens with zero attached hydrogens (tertiary/aromatic N) is 1. The molecular weight excluding hydrogens is 244 g/mol. The highest BCUT2D eigenvalue weighted by atomic mass is 32.1. The molecule has 0 aliphatic carbocycles. The molecule has 1 aromatic heterocycles. The van der Waals surface area contributed by atoms with Gasteiger partial charge < -0.3 is 5.32 Å². The number of carbonyl (C=O) groups is 1. The predicted octanol–water partition coefficient (Wildman–Crippen LogP) is 3.51. The number of nitrogens with one attached hydrogen (secondary N) is 1. The number of rotatable bonds is 3. The molecule has 0 unspecified atom stereocenters. The second-order valence-electron chi connectivity index (χ2n) is 7.12. The first-order valence-corrected chi connectivity index (χ1v) is 7.17. The van der Waals surface area contributed by atoms with Crippen molar-refractivity contribution >= 4 is 17.2 Å². The summed E-state index contributed by atoms with van der Waals surface area (Å²) in [5.74, 6) is -0.0601. The third-order valence-corrected chi connectivity index (χ3v) is 3.13. The summed E-state index contributed by atoms with van der Waals surface area (Å²) < 4.78 is 0. The van der Waals surface area contributed by atoms with E-state index in [0.29, 0.717) is 11.6 Å². The molecule has 0 aromatic carbocycles. The van der Waals surface area contributed by atoms with Crippen LogP contribution in [-0.4, -0.2) is 17.4 Å². The van der Waals surface area contributed by atoms with E-state index < -0.39 is 0 Å². The Morgan fingerprint density at radius 3 is 2.33 bits per heavy atom. The van der Waals surface area contributed by atoms with Crippen LogP contribution in [0.2, 0.25) is 0 Å². The van der Waals surface area contributed by atoms with Gasteiger partial charge in [0, 0.05) is 11.9 Å². The number of aromatic nitrogens is 1. The third kappa shape index (κ3) is 5.63. The van der Waals surface area contributed by atoms with Gasteiger partial charge in [-0.2, -0.15) is 0 Å². The van der Waals surface area contributed by atoms with Gasteiger partial charge in [0.15, 0.2) is 5.01 Å². The first-order valence-electron chi connectivity index (χ1n) is 6.29. The monoisotopic (exact) mass is 268 g/mol. The number of thiazole rings is 1. The van der Waals surface area contributed by atoms with Crippen LogP contribution >= 0.6 is 11.3 Å². The molecule has 1 heterocycles. The van der Waals surface area contributed by atoms with Crippen LogP contribution in [0, 0.1) is 10.8 Å². The zero-order chi connectivity index (χ0) is 14.0. The maximum Gasteiger partial charge on any atom is 0.280 e. The topological polar surface area (TPSA) is 42.0 Å². The summed E-state index contributed by atoms with van der Waals surface area (Å²) in [6, 6.07) is 0. The molecule has 0 radical (unpaired) electrons. The quantitative estimate of drug-likeness (QED) is 0.911. The molecule has 0 saturated carbocycles. The zero-order valence-electron chi connectivity index (χ0n) is 12.3. The van der Waals surface area contributed by atoms with Crippen molar-refractivity contribution in [1.82, 2.24) is 10.3 Å². The SMILES string of the molecule is CC(C)(C)CNC(=O)c1nc(CC(C)(C)C)cs1. The van der Waals surface area contributed by atoms with Crippen molar-refractivity contribution in [1.29, 1.82) is 0 Å². The van der Waals surface area contributed by atoms with Gasteiger partial charge in [0.05, 0.1) is 5.69 Å². The molecule has 0 aliphatic rings. The molecule has 1 rings (SSSR count). The van der Waals surface area contributed by atoms with Crippen molar-refractivity contribution in [3.05, 3.63) is 16.1 Å². The smallest absolute Gasteiger partial charge is 0.280 e. The lowest BCUT2D eigenvalue weighted by Gasteiger charge is -2.18. The van der Waals surface area contributed by atoms with E-state index in [9.17, 15) is 4.79 Å². The van der Waals surface area contributed by atoms with Gasteiger partial charge in [-0.1, -0.05) is 41.5 Å². The van der Waals surface area contributed by atoms with Crippen LogP contribution < -0.4 is 5.32 Å². The molecule has 0 bridgehead atoms. The summed E-state index contributed by atoms with van der Waals surface area (Å²) in [7, 11) is 0. The van der Waals surface area contributed by atoms with E-state index in [2.05, 4.69) is 51.8 Å². The summed E-state index contributed by atoms with van der Waals surface area (Å²) in [6.07, 6.45) is 0.899. The van der Waals surface area contributed by atoms with Crippen LogP contribution in [0.4, 0.5) is 0 Å². The van der Waals surface area contributed by atoms with E-state index in [1.54, 1.807) is 0 Å². The van der Waals surface area contributed by atoms with Gasteiger partial charge in [-0.05, 0) is 17.3 Å². The first kappa shape index (κ1) is 15.2. The van der Waals surface area contributed by atoms with Crippen LogP contribution in [0.25, 0.3) is 0 Å². The number of amides is 1. The van der Waals surface area contributed by atoms with E-state index in [-0.39, 0.29) is 16.7 Å². The van der Waals surface area contributed by atoms with Crippen molar-refractivity contribution in [3.63, 3.8) is 0 Å². The standard InChI is InChI=1S/C14H24N2OS/c1-13(2,3)7-10-8-18-12(16-10)11(17)15-9-14(4,5)6/h8H,7,9H2,1-6H3,(H,15,17). The normalized spacial score (nSPS) is 12.6. The molecule has 4 heteroatoms. The van der Waals surface area contributed by atoms with Gasteiger partial charge >= 0.3 is 0 Å². The molecular formula is C14H24N2OS. The maximum absolute atomic E-state index is 11.9. The molecule has 18 heavy (non-hydrogen) atoms. The molecule has 1 amide bonds. The highest BCUT2D eigenvalue weighted by Crippen LogP contribution is 2.22. The molecule has 1 N–H and O–H groups in total. The number of hydrogen-bond acceptors (Lipinski definition) is 3. The van der Waals surface area contributed by atoms with E-state index in [0.717, 1.165) is 12.1 Å². The van der Waals surface area contributed by atoms with Crippen LogP contribution in [0.5, 0.6) is 0 Å². The highest BCUT2D eigenvalue weighted by molar-refractivity contribution is 7.11. The lowest BCUT2D eigenvalue weighted by molar-refractivity contribution is 0.0938. The van der Waals surface area contributed by atoms with Crippen molar-refractivity contribution in [2.75, 3.05) is 6.54 Å². The van der Waals surface area contributed by atoms with E-state index in [4.69, 9.17) is 0 Å². The summed E-state index contributed by atoms with van der Waals surface area (Å²) in [5.41, 5.74) is 1.31. The second kappa shape index (κ2) is 5.39. The van der Waals surface area contributed by atoms with Gasteiger partial charge in [0.25, 0.3) is 5.91 Å².